The summed E-state index contributed by atoms with van der Waals surface area (Å²) in [6.07, 6.45) is 2.40. The number of hydrogen-bond donors (Lipinski definition) is 2. The lowest BCUT2D eigenvalue weighted by Gasteiger charge is -2.11. The van der Waals surface area contributed by atoms with Crippen molar-refractivity contribution < 1.29 is 4.74 Å². The summed E-state index contributed by atoms with van der Waals surface area (Å²) < 4.78 is 7.38. The van der Waals surface area contributed by atoms with Crippen molar-refractivity contribution in [2.24, 2.45) is 7.05 Å². The van der Waals surface area contributed by atoms with Gasteiger partial charge < -0.3 is 19.9 Å². The number of hydrogen-bond acceptors (Lipinski definition) is 8. The second-order valence-corrected chi connectivity index (χ2v) is 4.72. The summed E-state index contributed by atoms with van der Waals surface area (Å²) in [5, 5.41) is 13.9. The zero-order valence-corrected chi connectivity index (χ0v) is 12.7. The van der Waals surface area contributed by atoms with Crippen molar-refractivity contribution in [2.45, 2.75) is 26.4 Å². The molecule has 0 unspecified atom stereocenters. The minimum atomic E-state index is 0.00333. The predicted molar refractivity (Wildman–Crippen MR) is 78.3 cm³/mol. The van der Waals surface area contributed by atoms with Crippen LogP contribution in [0, 0.1) is 0 Å². The first-order valence-electron chi connectivity index (χ1n) is 6.75. The highest BCUT2D eigenvalue weighted by Crippen LogP contribution is 2.12. The number of anilines is 2. The van der Waals surface area contributed by atoms with Gasteiger partial charge in [0.15, 0.2) is 0 Å². The lowest BCUT2D eigenvalue weighted by atomic mass is 10.4. The number of nitrogens with one attached hydrogen (secondary N) is 2. The Kier molecular flexibility index (Phi) is 4.85. The second-order valence-electron chi connectivity index (χ2n) is 4.72. The first-order chi connectivity index (χ1) is 10.1. The predicted octanol–water partition coefficient (Wildman–Crippen LogP) is 0.484. The van der Waals surface area contributed by atoms with E-state index in [1.807, 2.05) is 25.5 Å². The summed E-state index contributed by atoms with van der Waals surface area (Å²) in [5.41, 5.74) is 0. The van der Waals surface area contributed by atoms with Crippen LogP contribution in [0.25, 0.3) is 0 Å². The monoisotopic (exact) mass is 292 g/mol. The topological polar surface area (TPSA) is 103 Å². The molecule has 0 aromatic carbocycles. The zero-order valence-electron chi connectivity index (χ0n) is 12.7. The molecule has 0 bridgehead atoms. The molecular weight excluding hydrogens is 272 g/mol. The van der Waals surface area contributed by atoms with E-state index in [0.29, 0.717) is 24.5 Å². The molecule has 9 heteroatoms. The molecule has 114 valence electrons. The molecular formula is C12H20N8O. The van der Waals surface area contributed by atoms with Gasteiger partial charge in [0.25, 0.3) is 0 Å². The highest BCUT2D eigenvalue weighted by Gasteiger charge is 2.08. The van der Waals surface area contributed by atoms with E-state index in [1.165, 1.54) is 0 Å². The van der Waals surface area contributed by atoms with Crippen molar-refractivity contribution in [2.75, 3.05) is 24.2 Å². The van der Waals surface area contributed by atoms with E-state index in [9.17, 15) is 0 Å². The molecule has 0 spiro atoms. The van der Waals surface area contributed by atoms with E-state index in [-0.39, 0.29) is 6.10 Å². The van der Waals surface area contributed by atoms with Crippen LogP contribution in [0.5, 0.6) is 6.01 Å². The molecule has 2 heterocycles. The van der Waals surface area contributed by atoms with Crippen molar-refractivity contribution >= 4 is 11.9 Å². The Morgan fingerprint density at radius 1 is 1.24 bits per heavy atom. The largest absolute Gasteiger partial charge is 0.461 e. The van der Waals surface area contributed by atoms with Crippen LogP contribution in [-0.2, 0) is 13.5 Å². The maximum Gasteiger partial charge on any atom is 0.323 e. The minimum Gasteiger partial charge on any atom is -0.461 e. The fourth-order valence-corrected chi connectivity index (χ4v) is 1.63. The van der Waals surface area contributed by atoms with Gasteiger partial charge in [0, 0.05) is 27.1 Å². The summed E-state index contributed by atoms with van der Waals surface area (Å²) in [4.78, 5) is 12.6. The van der Waals surface area contributed by atoms with Gasteiger partial charge in [0.05, 0.1) is 6.10 Å². The molecule has 0 aliphatic rings. The number of ether oxygens (including phenoxy) is 1. The van der Waals surface area contributed by atoms with Crippen LogP contribution in [0.15, 0.2) is 6.33 Å². The summed E-state index contributed by atoms with van der Waals surface area (Å²) in [5.74, 6) is 1.82. The van der Waals surface area contributed by atoms with Gasteiger partial charge in [-0.25, -0.2) is 0 Å². The molecule has 0 aliphatic heterocycles. The highest BCUT2D eigenvalue weighted by atomic mass is 16.5. The molecule has 2 aromatic heterocycles. The molecule has 2 rings (SSSR count). The van der Waals surface area contributed by atoms with E-state index >= 15 is 0 Å². The van der Waals surface area contributed by atoms with Gasteiger partial charge in [-0.15, -0.1) is 10.2 Å². The van der Waals surface area contributed by atoms with Gasteiger partial charge >= 0.3 is 6.01 Å². The third kappa shape index (κ3) is 4.26. The van der Waals surface area contributed by atoms with Crippen molar-refractivity contribution in [3.63, 3.8) is 0 Å². The van der Waals surface area contributed by atoms with E-state index in [0.717, 1.165) is 12.2 Å². The maximum atomic E-state index is 5.50. The van der Waals surface area contributed by atoms with E-state index < -0.39 is 0 Å². The van der Waals surface area contributed by atoms with E-state index in [4.69, 9.17) is 4.74 Å². The summed E-state index contributed by atoms with van der Waals surface area (Å²) in [6, 6.07) is 0.297. The molecule has 21 heavy (non-hydrogen) atoms. The van der Waals surface area contributed by atoms with Gasteiger partial charge in [-0.05, 0) is 13.8 Å². The first kappa shape index (κ1) is 14.9. The van der Waals surface area contributed by atoms with Gasteiger partial charge in [0.2, 0.25) is 11.9 Å². The highest BCUT2D eigenvalue weighted by molar-refractivity contribution is 5.35. The van der Waals surface area contributed by atoms with Crippen molar-refractivity contribution in [1.29, 1.82) is 0 Å². The Balaban J connectivity index is 2.00. The molecule has 0 radical (unpaired) electrons. The Labute approximate surface area is 123 Å². The standard InChI is InChI=1S/C12H20N8O/c1-8(2)21-12-17-10(13-3)16-11(18-12)14-6-5-9-19-15-7-20(9)4/h7-8H,5-6H2,1-4H3,(H2,13,14,16,17,18). The second kappa shape index (κ2) is 6.82. The summed E-state index contributed by atoms with van der Waals surface area (Å²) in [6.45, 7) is 4.48. The molecule has 0 aliphatic carbocycles. The Morgan fingerprint density at radius 2 is 2.00 bits per heavy atom. The van der Waals surface area contributed by atoms with Crippen LogP contribution in [0.2, 0.25) is 0 Å². The first-order valence-corrected chi connectivity index (χ1v) is 6.75. The third-order valence-corrected chi connectivity index (χ3v) is 2.62. The van der Waals surface area contributed by atoms with Crippen molar-refractivity contribution in [1.82, 2.24) is 29.7 Å². The molecule has 0 amide bonds. The lowest BCUT2D eigenvalue weighted by Crippen LogP contribution is -2.15. The van der Waals surface area contributed by atoms with Crippen molar-refractivity contribution in [3.8, 4) is 6.01 Å². The molecule has 9 nitrogen and oxygen atoms in total. The van der Waals surface area contributed by atoms with Crippen LogP contribution >= 0.6 is 0 Å². The molecule has 0 atom stereocenters. The molecule has 2 aromatic rings. The summed E-state index contributed by atoms with van der Waals surface area (Å²) >= 11 is 0. The van der Waals surface area contributed by atoms with Crippen LogP contribution in [0.3, 0.4) is 0 Å². The number of aromatic nitrogens is 6. The lowest BCUT2D eigenvalue weighted by molar-refractivity contribution is 0.222. The smallest absolute Gasteiger partial charge is 0.323 e. The maximum absolute atomic E-state index is 5.50. The number of rotatable bonds is 7. The fourth-order valence-electron chi connectivity index (χ4n) is 1.63. The SMILES string of the molecule is CNc1nc(NCCc2nncn2C)nc(OC(C)C)n1. The molecule has 2 N–H and O–H groups in total. The van der Waals surface area contributed by atoms with E-state index in [1.54, 1.807) is 13.4 Å². The number of nitrogens with zero attached hydrogens (tertiary/aromatic N) is 6. The zero-order chi connectivity index (χ0) is 15.2. The normalized spacial score (nSPS) is 10.7. The van der Waals surface area contributed by atoms with Crippen LogP contribution < -0.4 is 15.4 Å². The molecule has 0 saturated carbocycles. The Hall–Kier alpha value is -2.45. The van der Waals surface area contributed by atoms with E-state index in [2.05, 4.69) is 35.8 Å². The number of aryl methyl sites for hydroxylation is 1. The average Bonchev–Trinajstić information content (AvgIpc) is 2.83. The third-order valence-electron chi connectivity index (χ3n) is 2.62. The van der Waals surface area contributed by atoms with Crippen LogP contribution in [0.4, 0.5) is 11.9 Å². The van der Waals surface area contributed by atoms with Gasteiger partial charge in [0.1, 0.15) is 12.2 Å². The van der Waals surface area contributed by atoms with Crippen LogP contribution in [0.1, 0.15) is 19.7 Å². The van der Waals surface area contributed by atoms with Gasteiger partial charge in [-0.1, -0.05) is 0 Å². The minimum absolute atomic E-state index is 0.00333. The van der Waals surface area contributed by atoms with Crippen LogP contribution in [-0.4, -0.2) is 49.4 Å². The Morgan fingerprint density at radius 3 is 2.62 bits per heavy atom. The average molecular weight is 292 g/mol. The van der Waals surface area contributed by atoms with Gasteiger partial charge in [-0.2, -0.15) is 15.0 Å². The quantitative estimate of drug-likeness (QED) is 0.759. The Bertz CT molecular complexity index is 582. The summed E-state index contributed by atoms with van der Waals surface area (Å²) in [7, 11) is 3.66. The fraction of sp³-hybridized carbons (Fsp3) is 0.583. The molecule has 0 saturated heterocycles. The van der Waals surface area contributed by atoms with Crippen molar-refractivity contribution in [3.05, 3.63) is 12.2 Å². The van der Waals surface area contributed by atoms with Gasteiger partial charge in [-0.3, -0.25) is 0 Å². The molecule has 0 fully saturated rings.